The molecule has 2 aliphatic carbocycles. The summed E-state index contributed by atoms with van der Waals surface area (Å²) in [5, 5.41) is 2.88. The summed E-state index contributed by atoms with van der Waals surface area (Å²) in [5.74, 6) is 0.564. The van der Waals surface area contributed by atoms with Crippen molar-refractivity contribution in [3.63, 3.8) is 0 Å². The first kappa shape index (κ1) is 11.8. The number of halogens is 1. The van der Waals surface area contributed by atoms with Crippen molar-refractivity contribution in [2.75, 3.05) is 13.1 Å². The van der Waals surface area contributed by atoms with E-state index in [1.807, 2.05) is 0 Å². The fourth-order valence-electron chi connectivity index (χ4n) is 2.67. The van der Waals surface area contributed by atoms with Crippen LogP contribution in [0.1, 0.15) is 32.1 Å². The third-order valence-corrected chi connectivity index (χ3v) is 3.55. The molecule has 3 nitrogen and oxygen atoms in total. The lowest BCUT2D eigenvalue weighted by Gasteiger charge is -2.07. The maximum atomic E-state index is 11.6. The highest BCUT2D eigenvalue weighted by molar-refractivity contribution is 5.85. The standard InChI is InChI=1S/C10H18N2O.ClH/c11-5-6-12-9(13)8-7-10(8)3-1-2-4-10;/h8H,1-7,11H2,(H,12,13);1H. The van der Waals surface area contributed by atoms with Crippen LogP contribution < -0.4 is 11.1 Å². The largest absolute Gasteiger partial charge is 0.355 e. The van der Waals surface area contributed by atoms with Crippen LogP contribution in [0.4, 0.5) is 0 Å². The Hall–Kier alpha value is -0.280. The van der Waals surface area contributed by atoms with E-state index in [4.69, 9.17) is 5.73 Å². The van der Waals surface area contributed by atoms with E-state index in [0.717, 1.165) is 6.42 Å². The fraction of sp³-hybridized carbons (Fsp3) is 0.900. The molecule has 1 spiro atoms. The van der Waals surface area contributed by atoms with Gasteiger partial charge in [0.05, 0.1) is 0 Å². The van der Waals surface area contributed by atoms with Gasteiger partial charge in [-0.2, -0.15) is 0 Å². The molecular weight excluding hydrogens is 200 g/mol. The molecule has 14 heavy (non-hydrogen) atoms. The van der Waals surface area contributed by atoms with Gasteiger partial charge in [-0.15, -0.1) is 12.4 Å². The Morgan fingerprint density at radius 3 is 2.64 bits per heavy atom. The molecule has 0 aliphatic heterocycles. The Labute approximate surface area is 91.2 Å². The van der Waals surface area contributed by atoms with Gasteiger partial charge in [0, 0.05) is 19.0 Å². The molecule has 0 aromatic carbocycles. The van der Waals surface area contributed by atoms with Crippen LogP contribution >= 0.6 is 12.4 Å². The number of nitrogens with one attached hydrogen (secondary N) is 1. The molecule has 0 bridgehead atoms. The van der Waals surface area contributed by atoms with Crippen molar-refractivity contribution in [2.45, 2.75) is 32.1 Å². The molecular formula is C10H19ClN2O. The van der Waals surface area contributed by atoms with E-state index in [-0.39, 0.29) is 18.3 Å². The van der Waals surface area contributed by atoms with Crippen LogP contribution in [0.3, 0.4) is 0 Å². The molecule has 4 heteroatoms. The molecule has 82 valence electrons. The van der Waals surface area contributed by atoms with Crippen molar-refractivity contribution in [1.82, 2.24) is 5.32 Å². The van der Waals surface area contributed by atoms with E-state index in [0.29, 0.717) is 24.4 Å². The summed E-state index contributed by atoms with van der Waals surface area (Å²) in [4.78, 5) is 11.6. The first-order valence-corrected chi connectivity index (χ1v) is 5.26. The van der Waals surface area contributed by atoms with Gasteiger partial charge in [-0.25, -0.2) is 0 Å². The van der Waals surface area contributed by atoms with Crippen LogP contribution in [0.5, 0.6) is 0 Å². The van der Waals surface area contributed by atoms with E-state index in [1.165, 1.54) is 25.7 Å². The molecule has 0 saturated heterocycles. The minimum absolute atomic E-state index is 0. The monoisotopic (exact) mass is 218 g/mol. The molecule has 3 N–H and O–H groups in total. The Morgan fingerprint density at radius 1 is 1.43 bits per heavy atom. The molecule has 0 radical (unpaired) electrons. The highest BCUT2D eigenvalue weighted by Crippen LogP contribution is 2.62. The summed E-state index contributed by atoms with van der Waals surface area (Å²) in [6, 6.07) is 0. The van der Waals surface area contributed by atoms with Crippen LogP contribution in [0.2, 0.25) is 0 Å². The second kappa shape index (κ2) is 4.49. The zero-order chi connectivity index (χ0) is 9.31. The maximum Gasteiger partial charge on any atom is 0.223 e. The van der Waals surface area contributed by atoms with Gasteiger partial charge >= 0.3 is 0 Å². The fourth-order valence-corrected chi connectivity index (χ4v) is 2.67. The van der Waals surface area contributed by atoms with Gasteiger partial charge in [-0.05, 0) is 24.7 Å². The van der Waals surface area contributed by atoms with Crippen molar-refractivity contribution in [3.8, 4) is 0 Å². The van der Waals surface area contributed by atoms with Crippen molar-refractivity contribution in [3.05, 3.63) is 0 Å². The summed E-state index contributed by atoms with van der Waals surface area (Å²) in [5.41, 5.74) is 5.76. The lowest BCUT2D eigenvalue weighted by atomic mass is 10.0. The molecule has 0 heterocycles. The third-order valence-electron chi connectivity index (χ3n) is 3.55. The van der Waals surface area contributed by atoms with Crippen LogP contribution in [0, 0.1) is 11.3 Å². The lowest BCUT2D eigenvalue weighted by Crippen LogP contribution is -2.31. The zero-order valence-corrected chi connectivity index (χ0v) is 9.24. The molecule has 0 aromatic rings. The van der Waals surface area contributed by atoms with Gasteiger partial charge in [0.15, 0.2) is 0 Å². The summed E-state index contributed by atoms with van der Waals surface area (Å²) in [6.45, 7) is 1.18. The minimum atomic E-state index is 0. The van der Waals surface area contributed by atoms with Crippen molar-refractivity contribution < 1.29 is 4.79 Å². The highest BCUT2D eigenvalue weighted by Gasteiger charge is 2.58. The molecule has 2 aliphatic rings. The number of hydrogen-bond acceptors (Lipinski definition) is 2. The molecule has 2 saturated carbocycles. The van der Waals surface area contributed by atoms with Crippen LogP contribution in [0.25, 0.3) is 0 Å². The molecule has 1 unspecified atom stereocenters. The summed E-state index contributed by atoms with van der Waals surface area (Å²) in [6.07, 6.45) is 6.31. The van der Waals surface area contributed by atoms with E-state index < -0.39 is 0 Å². The van der Waals surface area contributed by atoms with E-state index >= 15 is 0 Å². The molecule has 1 amide bonds. The van der Waals surface area contributed by atoms with Crippen molar-refractivity contribution >= 4 is 18.3 Å². The summed E-state index contributed by atoms with van der Waals surface area (Å²) >= 11 is 0. The van der Waals surface area contributed by atoms with Gasteiger partial charge in [-0.1, -0.05) is 12.8 Å². The summed E-state index contributed by atoms with van der Waals surface area (Å²) in [7, 11) is 0. The van der Waals surface area contributed by atoms with E-state index in [2.05, 4.69) is 5.32 Å². The van der Waals surface area contributed by atoms with E-state index in [9.17, 15) is 4.79 Å². The van der Waals surface area contributed by atoms with Gasteiger partial charge in [0.25, 0.3) is 0 Å². The highest BCUT2D eigenvalue weighted by atomic mass is 35.5. The Kier molecular flexibility index (Phi) is 3.78. The number of amides is 1. The maximum absolute atomic E-state index is 11.6. The lowest BCUT2D eigenvalue weighted by molar-refractivity contribution is -0.123. The van der Waals surface area contributed by atoms with Crippen LogP contribution in [-0.4, -0.2) is 19.0 Å². The van der Waals surface area contributed by atoms with Crippen LogP contribution in [0.15, 0.2) is 0 Å². The minimum Gasteiger partial charge on any atom is -0.355 e. The third kappa shape index (κ3) is 2.04. The SMILES string of the molecule is Cl.NCCNC(=O)C1CC12CCCC2. The van der Waals surface area contributed by atoms with Crippen LogP contribution in [-0.2, 0) is 4.79 Å². The second-order valence-electron chi connectivity index (χ2n) is 4.41. The van der Waals surface area contributed by atoms with E-state index in [1.54, 1.807) is 0 Å². The Balaban J connectivity index is 0.000000980. The number of carbonyl (C=O) groups excluding carboxylic acids is 1. The average molecular weight is 219 g/mol. The smallest absolute Gasteiger partial charge is 0.223 e. The predicted molar refractivity (Wildman–Crippen MR) is 58.3 cm³/mol. The predicted octanol–water partition coefficient (Wildman–Crippen LogP) is 1.06. The number of hydrogen-bond donors (Lipinski definition) is 2. The van der Waals surface area contributed by atoms with Gasteiger partial charge < -0.3 is 11.1 Å². The normalized spacial score (nSPS) is 27.1. The quantitative estimate of drug-likeness (QED) is 0.745. The zero-order valence-electron chi connectivity index (χ0n) is 8.42. The number of rotatable bonds is 3. The molecule has 2 fully saturated rings. The van der Waals surface area contributed by atoms with Gasteiger partial charge in [0.2, 0.25) is 5.91 Å². The summed E-state index contributed by atoms with van der Waals surface area (Å²) < 4.78 is 0. The average Bonchev–Trinajstić information content (AvgIpc) is 2.61. The molecule has 2 rings (SSSR count). The molecule has 0 aromatic heterocycles. The van der Waals surface area contributed by atoms with Crippen molar-refractivity contribution in [2.24, 2.45) is 17.1 Å². The van der Waals surface area contributed by atoms with Gasteiger partial charge in [0.1, 0.15) is 0 Å². The number of nitrogens with two attached hydrogens (primary N) is 1. The van der Waals surface area contributed by atoms with Crippen molar-refractivity contribution in [1.29, 1.82) is 0 Å². The van der Waals surface area contributed by atoms with Gasteiger partial charge in [-0.3, -0.25) is 4.79 Å². The first-order valence-electron chi connectivity index (χ1n) is 5.26. The first-order chi connectivity index (χ1) is 6.28. The second-order valence-corrected chi connectivity index (χ2v) is 4.41. The number of carbonyl (C=O) groups is 1. The Bertz CT molecular complexity index is 214. The topological polar surface area (TPSA) is 55.1 Å². The Morgan fingerprint density at radius 2 is 2.07 bits per heavy atom. The molecule has 1 atom stereocenters.